The van der Waals surface area contributed by atoms with Crippen LogP contribution in [0.3, 0.4) is 0 Å². The van der Waals surface area contributed by atoms with Crippen molar-refractivity contribution in [1.29, 1.82) is 0 Å². The van der Waals surface area contributed by atoms with Crippen LogP contribution in [0.4, 0.5) is 5.95 Å². The fraction of sp³-hybridized carbons (Fsp3) is 0.714. The van der Waals surface area contributed by atoms with Crippen molar-refractivity contribution in [2.45, 2.75) is 38.3 Å². The number of nitrogens with zero attached hydrogens (tertiary/aromatic N) is 4. The number of aliphatic hydroxyl groups excluding tert-OH is 1. The third-order valence-corrected chi connectivity index (χ3v) is 4.18. The highest BCUT2D eigenvalue weighted by molar-refractivity contribution is 5.33. The molecule has 3 rings (SSSR count). The van der Waals surface area contributed by atoms with Crippen LogP contribution in [0.5, 0.6) is 0 Å². The molecule has 0 saturated carbocycles. The molecule has 0 spiro atoms. The van der Waals surface area contributed by atoms with Crippen molar-refractivity contribution < 1.29 is 5.11 Å². The summed E-state index contributed by atoms with van der Waals surface area (Å²) < 4.78 is 0. The zero-order valence-electron chi connectivity index (χ0n) is 11.5. The van der Waals surface area contributed by atoms with E-state index in [0.717, 1.165) is 31.3 Å². The lowest BCUT2D eigenvalue weighted by Crippen LogP contribution is -2.45. The van der Waals surface area contributed by atoms with Crippen LogP contribution < -0.4 is 4.90 Å². The lowest BCUT2D eigenvalue weighted by Gasteiger charge is -2.33. The Kier molecular flexibility index (Phi) is 3.66. The molecular formula is C14H22N4O. The average molecular weight is 262 g/mol. The number of rotatable bonds is 2. The van der Waals surface area contributed by atoms with Crippen LogP contribution >= 0.6 is 0 Å². The van der Waals surface area contributed by atoms with Crippen LogP contribution in [-0.4, -0.2) is 58.3 Å². The van der Waals surface area contributed by atoms with Gasteiger partial charge in [0.15, 0.2) is 0 Å². The normalized spacial score (nSPS) is 28.8. The molecule has 1 aromatic heterocycles. The number of aryl methyl sites for hydroxylation is 1. The van der Waals surface area contributed by atoms with Crippen LogP contribution in [0, 0.1) is 6.92 Å². The van der Waals surface area contributed by atoms with Gasteiger partial charge in [0.25, 0.3) is 0 Å². The highest BCUT2D eigenvalue weighted by Crippen LogP contribution is 2.23. The molecule has 2 saturated heterocycles. The van der Waals surface area contributed by atoms with Gasteiger partial charge in [-0.1, -0.05) is 6.42 Å². The molecule has 1 aromatic rings. The number of piperidine rings is 1. The van der Waals surface area contributed by atoms with Crippen LogP contribution in [-0.2, 0) is 0 Å². The van der Waals surface area contributed by atoms with Gasteiger partial charge in [0, 0.05) is 25.0 Å². The molecule has 2 aliphatic rings. The Balaban J connectivity index is 1.70. The first-order valence-corrected chi connectivity index (χ1v) is 7.21. The number of hydrogen-bond donors (Lipinski definition) is 1. The van der Waals surface area contributed by atoms with E-state index in [1.54, 1.807) is 6.20 Å². The second-order valence-corrected chi connectivity index (χ2v) is 5.63. The summed E-state index contributed by atoms with van der Waals surface area (Å²) in [5.74, 6) is 0.749. The van der Waals surface area contributed by atoms with Gasteiger partial charge in [0.1, 0.15) is 0 Å². The van der Waals surface area contributed by atoms with E-state index in [2.05, 4.69) is 19.8 Å². The molecular weight excluding hydrogens is 240 g/mol. The Morgan fingerprint density at radius 1 is 1.21 bits per heavy atom. The Hall–Kier alpha value is -1.20. The summed E-state index contributed by atoms with van der Waals surface area (Å²) in [5, 5.41) is 10.3. The van der Waals surface area contributed by atoms with Gasteiger partial charge in [-0.15, -0.1) is 0 Å². The minimum atomic E-state index is -0.290. The average Bonchev–Trinajstić information content (AvgIpc) is 2.82. The maximum Gasteiger partial charge on any atom is 0.225 e. The Morgan fingerprint density at radius 2 is 2.00 bits per heavy atom. The molecule has 0 amide bonds. The summed E-state index contributed by atoms with van der Waals surface area (Å²) in [4.78, 5) is 13.3. The maximum absolute atomic E-state index is 10.3. The van der Waals surface area contributed by atoms with Gasteiger partial charge in [-0.05, 0) is 38.9 Å². The van der Waals surface area contributed by atoms with E-state index in [9.17, 15) is 5.11 Å². The quantitative estimate of drug-likeness (QED) is 0.855. The molecule has 0 aliphatic carbocycles. The molecule has 1 N–H and O–H groups in total. The highest BCUT2D eigenvalue weighted by Gasteiger charge is 2.36. The minimum Gasteiger partial charge on any atom is -0.390 e. The van der Waals surface area contributed by atoms with E-state index in [1.807, 2.05) is 13.0 Å². The third-order valence-electron chi connectivity index (χ3n) is 4.18. The number of likely N-dealkylation sites (tertiary alicyclic amines) is 1. The predicted octanol–water partition coefficient (Wildman–Crippen LogP) is 0.820. The van der Waals surface area contributed by atoms with E-state index in [-0.39, 0.29) is 12.1 Å². The van der Waals surface area contributed by atoms with Crippen LogP contribution in [0.15, 0.2) is 12.3 Å². The van der Waals surface area contributed by atoms with Gasteiger partial charge in [0.05, 0.1) is 12.1 Å². The fourth-order valence-corrected chi connectivity index (χ4v) is 3.13. The monoisotopic (exact) mass is 262 g/mol. The molecule has 5 nitrogen and oxygen atoms in total. The first-order chi connectivity index (χ1) is 9.24. The van der Waals surface area contributed by atoms with Crippen molar-refractivity contribution in [2.75, 3.05) is 31.1 Å². The van der Waals surface area contributed by atoms with Crippen molar-refractivity contribution in [2.24, 2.45) is 0 Å². The molecule has 2 fully saturated rings. The summed E-state index contributed by atoms with van der Waals surface area (Å²) in [6, 6.07) is 2.14. The first-order valence-electron chi connectivity index (χ1n) is 7.21. The summed E-state index contributed by atoms with van der Waals surface area (Å²) in [5.41, 5.74) is 0.973. The molecule has 2 aliphatic heterocycles. The van der Waals surface area contributed by atoms with Gasteiger partial charge >= 0.3 is 0 Å². The Morgan fingerprint density at radius 3 is 2.74 bits per heavy atom. The van der Waals surface area contributed by atoms with Crippen LogP contribution in [0.2, 0.25) is 0 Å². The number of aliphatic hydroxyl groups is 1. The van der Waals surface area contributed by atoms with Crippen LogP contribution in [0.1, 0.15) is 25.0 Å². The predicted molar refractivity (Wildman–Crippen MR) is 74.2 cm³/mol. The summed E-state index contributed by atoms with van der Waals surface area (Å²) in [6.45, 7) is 5.68. The Labute approximate surface area is 114 Å². The summed E-state index contributed by atoms with van der Waals surface area (Å²) in [6.07, 6.45) is 5.33. The third kappa shape index (κ3) is 2.72. The van der Waals surface area contributed by atoms with Gasteiger partial charge < -0.3 is 10.0 Å². The molecule has 2 atom stereocenters. The molecule has 19 heavy (non-hydrogen) atoms. The standard InChI is InChI=1S/C14H22N4O/c1-11-5-6-15-14(16-11)18-9-12(13(19)10-18)17-7-3-2-4-8-17/h5-6,12-13,19H,2-4,7-10H2,1H3. The number of β-amino-alcohol motifs (C(OH)–C–C–N with tert-alkyl or cyclic N) is 1. The van der Waals surface area contributed by atoms with Gasteiger partial charge in [-0.2, -0.15) is 0 Å². The van der Waals surface area contributed by atoms with Gasteiger partial charge in [-0.25, -0.2) is 9.97 Å². The van der Waals surface area contributed by atoms with Crippen LogP contribution in [0.25, 0.3) is 0 Å². The Bertz CT molecular complexity index is 433. The van der Waals surface area contributed by atoms with Crippen molar-refractivity contribution in [3.05, 3.63) is 18.0 Å². The number of aromatic nitrogens is 2. The highest BCUT2D eigenvalue weighted by atomic mass is 16.3. The van der Waals surface area contributed by atoms with Crippen molar-refractivity contribution >= 4 is 5.95 Å². The van der Waals surface area contributed by atoms with E-state index in [0.29, 0.717) is 6.54 Å². The number of hydrogen-bond acceptors (Lipinski definition) is 5. The lowest BCUT2D eigenvalue weighted by molar-refractivity contribution is 0.0706. The van der Waals surface area contributed by atoms with E-state index >= 15 is 0 Å². The topological polar surface area (TPSA) is 52.5 Å². The van der Waals surface area contributed by atoms with E-state index in [1.165, 1.54) is 19.3 Å². The summed E-state index contributed by atoms with van der Waals surface area (Å²) >= 11 is 0. The zero-order chi connectivity index (χ0) is 13.2. The zero-order valence-corrected chi connectivity index (χ0v) is 11.5. The lowest BCUT2D eigenvalue weighted by atomic mass is 10.1. The minimum absolute atomic E-state index is 0.240. The molecule has 0 bridgehead atoms. The van der Waals surface area contributed by atoms with Gasteiger partial charge in [0.2, 0.25) is 5.95 Å². The van der Waals surface area contributed by atoms with Gasteiger partial charge in [-0.3, -0.25) is 4.90 Å². The van der Waals surface area contributed by atoms with Crippen molar-refractivity contribution in [1.82, 2.24) is 14.9 Å². The molecule has 2 unspecified atom stereocenters. The molecule has 0 aromatic carbocycles. The van der Waals surface area contributed by atoms with E-state index in [4.69, 9.17) is 0 Å². The largest absolute Gasteiger partial charge is 0.390 e. The molecule has 3 heterocycles. The van der Waals surface area contributed by atoms with E-state index < -0.39 is 0 Å². The molecule has 104 valence electrons. The first kappa shape index (κ1) is 12.8. The summed E-state index contributed by atoms with van der Waals surface area (Å²) in [7, 11) is 0. The smallest absolute Gasteiger partial charge is 0.225 e. The second kappa shape index (κ2) is 5.43. The SMILES string of the molecule is Cc1ccnc(N2CC(O)C(N3CCCCC3)C2)n1. The molecule has 0 radical (unpaired) electrons. The molecule has 5 heteroatoms. The maximum atomic E-state index is 10.3. The fourth-order valence-electron chi connectivity index (χ4n) is 3.13. The van der Waals surface area contributed by atoms with Crippen molar-refractivity contribution in [3.8, 4) is 0 Å². The van der Waals surface area contributed by atoms with Crippen molar-refractivity contribution in [3.63, 3.8) is 0 Å². The second-order valence-electron chi connectivity index (χ2n) is 5.63. The number of anilines is 1.